The van der Waals surface area contributed by atoms with Gasteiger partial charge in [-0.25, -0.2) is 0 Å². The summed E-state index contributed by atoms with van der Waals surface area (Å²) < 4.78 is 0. The van der Waals surface area contributed by atoms with Gasteiger partial charge in [-0.3, -0.25) is 4.79 Å². The predicted molar refractivity (Wildman–Crippen MR) is 81.0 cm³/mol. The maximum atomic E-state index is 11.1. The van der Waals surface area contributed by atoms with Gasteiger partial charge < -0.3 is 0 Å². The van der Waals surface area contributed by atoms with Crippen molar-refractivity contribution in [3.8, 4) is 11.1 Å². The zero-order chi connectivity index (χ0) is 14.0. The van der Waals surface area contributed by atoms with Crippen molar-refractivity contribution in [3.05, 3.63) is 58.6 Å². The first-order valence-electron chi connectivity index (χ1n) is 6.27. The molecule has 0 N–H and O–H groups in total. The number of rotatable bonds is 2. The van der Waals surface area contributed by atoms with E-state index < -0.39 is 0 Å². The van der Waals surface area contributed by atoms with E-state index in [9.17, 15) is 4.79 Å². The fourth-order valence-corrected chi connectivity index (χ4v) is 2.22. The Bertz CT molecular complexity index is 592. The Balaban J connectivity index is 2.46. The van der Waals surface area contributed by atoms with Crippen LogP contribution in [-0.4, -0.2) is 6.29 Å². The summed E-state index contributed by atoms with van der Waals surface area (Å²) in [6.07, 6.45) is 0.846. The van der Waals surface area contributed by atoms with Crippen LogP contribution in [0.1, 0.15) is 36.7 Å². The SMILES string of the molecule is CC(C)(C)c1ccc(-c2ccc(Cl)cc2C=O)cc1. The molecular formula is C17H17ClO. The topological polar surface area (TPSA) is 17.1 Å². The number of aldehydes is 1. The monoisotopic (exact) mass is 272 g/mol. The van der Waals surface area contributed by atoms with Crippen LogP contribution in [0.25, 0.3) is 11.1 Å². The summed E-state index contributed by atoms with van der Waals surface area (Å²) in [7, 11) is 0. The first-order valence-corrected chi connectivity index (χ1v) is 6.65. The van der Waals surface area contributed by atoms with E-state index in [1.807, 2.05) is 12.1 Å². The van der Waals surface area contributed by atoms with Crippen LogP contribution in [0.3, 0.4) is 0 Å². The van der Waals surface area contributed by atoms with Crippen LogP contribution in [0.5, 0.6) is 0 Å². The molecule has 2 aromatic carbocycles. The van der Waals surface area contributed by atoms with Crippen molar-refractivity contribution in [2.75, 3.05) is 0 Å². The molecule has 0 amide bonds. The molecule has 2 aromatic rings. The number of hydrogen-bond acceptors (Lipinski definition) is 1. The van der Waals surface area contributed by atoms with E-state index in [2.05, 4.69) is 45.0 Å². The van der Waals surface area contributed by atoms with Crippen molar-refractivity contribution in [1.82, 2.24) is 0 Å². The van der Waals surface area contributed by atoms with Gasteiger partial charge in [0.1, 0.15) is 0 Å². The Morgan fingerprint density at radius 1 is 1.00 bits per heavy atom. The summed E-state index contributed by atoms with van der Waals surface area (Å²) in [5.41, 5.74) is 3.98. The zero-order valence-electron chi connectivity index (χ0n) is 11.4. The van der Waals surface area contributed by atoms with Crippen LogP contribution in [0.15, 0.2) is 42.5 Å². The molecule has 0 aliphatic rings. The van der Waals surface area contributed by atoms with E-state index >= 15 is 0 Å². The molecule has 0 bridgehead atoms. The van der Waals surface area contributed by atoms with E-state index in [0.29, 0.717) is 10.6 Å². The number of carbonyl (C=O) groups excluding carboxylic acids is 1. The first kappa shape index (κ1) is 13.8. The molecule has 2 rings (SSSR count). The summed E-state index contributed by atoms with van der Waals surface area (Å²) in [5.74, 6) is 0. The average Bonchev–Trinajstić information content (AvgIpc) is 2.37. The normalized spacial score (nSPS) is 11.4. The summed E-state index contributed by atoms with van der Waals surface area (Å²) in [5, 5.41) is 0.581. The second-order valence-corrected chi connectivity index (χ2v) is 6.11. The maximum absolute atomic E-state index is 11.1. The molecule has 0 heterocycles. The fraction of sp³-hybridized carbons (Fsp3) is 0.235. The van der Waals surface area contributed by atoms with Gasteiger partial charge in [0, 0.05) is 10.6 Å². The molecule has 0 radical (unpaired) electrons. The van der Waals surface area contributed by atoms with Crippen LogP contribution in [0.4, 0.5) is 0 Å². The molecule has 0 fully saturated rings. The standard InChI is InChI=1S/C17H17ClO/c1-17(2,3)14-6-4-12(5-7-14)16-9-8-15(18)10-13(16)11-19/h4-11H,1-3H3. The Hall–Kier alpha value is -1.60. The lowest BCUT2D eigenvalue weighted by Gasteiger charge is -2.19. The van der Waals surface area contributed by atoms with Gasteiger partial charge in [0.05, 0.1) is 0 Å². The average molecular weight is 273 g/mol. The highest BCUT2D eigenvalue weighted by atomic mass is 35.5. The highest BCUT2D eigenvalue weighted by Gasteiger charge is 2.13. The molecule has 0 aliphatic heterocycles. The lowest BCUT2D eigenvalue weighted by Crippen LogP contribution is -2.10. The molecule has 0 unspecified atom stereocenters. The van der Waals surface area contributed by atoms with Crippen molar-refractivity contribution in [1.29, 1.82) is 0 Å². The lowest BCUT2D eigenvalue weighted by atomic mass is 9.86. The van der Waals surface area contributed by atoms with Crippen LogP contribution < -0.4 is 0 Å². The summed E-state index contributed by atoms with van der Waals surface area (Å²) >= 11 is 5.91. The Morgan fingerprint density at radius 2 is 1.63 bits per heavy atom. The highest BCUT2D eigenvalue weighted by molar-refractivity contribution is 6.31. The number of benzene rings is 2. The molecule has 2 heteroatoms. The predicted octanol–water partition coefficient (Wildman–Crippen LogP) is 5.12. The smallest absolute Gasteiger partial charge is 0.150 e. The second kappa shape index (κ2) is 5.18. The molecule has 0 saturated carbocycles. The largest absolute Gasteiger partial charge is 0.298 e. The minimum Gasteiger partial charge on any atom is -0.298 e. The number of carbonyl (C=O) groups is 1. The van der Waals surface area contributed by atoms with E-state index in [1.165, 1.54) is 5.56 Å². The Morgan fingerprint density at radius 3 is 2.16 bits per heavy atom. The zero-order valence-corrected chi connectivity index (χ0v) is 12.2. The van der Waals surface area contributed by atoms with Crippen molar-refractivity contribution in [2.45, 2.75) is 26.2 Å². The third kappa shape index (κ3) is 3.05. The summed E-state index contributed by atoms with van der Waals surface area (Å²) in [6.45, 7) is 6.55. The molecule has 0 spiro atoms. The fourth-order valence-electron chi connectivity index (χ4n) is 2.04. The number of halogens is 1. The molecular weight excluding hydrogens is 256 g/mol. The maximum Gasteiger partial charge on any atom is 0.150 e. The van der Waals surface area contributed by atoms with Crippen molar-refractivity contribution < 1.29 is 4.79 Å². The molecule has 0 saturated heterocycles. The quantitative estimate of drug-likeness (QED) is 0.694. The van der Waals surface area contributed by atoms with Gasteiger partial charge in [-0.1, -0.05) is 62.7 Å². The van der Waals surface area contributed by atoms with Gasteiger partial charge in [-0.2, -0.15) is 0 Å². The van der Waals surface area contributed by atoms with Crippen LogP contribution >= 0.6 is 11.6 Å². The van der Waals surface area contributed by atoms with Gasteiger partial charge in [0.15, 0.2) is 6.29 Å². The van der Waals surface area contributed by atoms with Gasteiger partial charge in [-0.15, -0.1) is 0 Å². The van der Waals surface area contributed by atoms with Crippen LogP contribution in [0, 0.1) is 0 Å². The van der Waals surface area contributed by atoms with Crippen molar-refractivity contribution >= 4 is 17.9 Å². The third-order valence-corrected chi connectivity index (χ3v) is 3.44. The van der Waals surface area contributed by atoms with E-state index in [1.54, 1.807) is 6.07 Å². The Kier molecular flexibility index (Phi) is 3.77. The second-order valence-electron chi connectivity index (χ2n) is 5.68. The van der Waals surface area contributed by atoms with Crippen LogP contribution in [-0.2, 0) is 5.41 Å². The van der Waals surface area contributed by atoms with Gasteiger partial charge >= 0.3 is 0 Å². The van der Waals surface area contributed by atoms with Gasteiger partial charge in [0.2, 0.25) is 0 Å². The van der Waals surface area contributed by atoms with Crippen molar-refractivity contribution in [2.24, 2.45) is 0 Å². The molecule has 19 heavy (non-hydrogen) atoms. The molecule has 0 aromatic heterocycles. The third-order valence-electron chi connectivity index (χ3n) is 3.20. The van der Waals surface area contributed by atoms with E-state index in [-0.39, 0.29) is 5.41 Å². The molecule has 0 aliphatic carbocycles. The summed E-state index contributed by atoms with van der Waals surface area (Å²) in [6, 6.07) is 13.7. The minimum absolute atomic E-state index is 0.131. The Labute approximate surface area is 119 Å². The molecule has 0 atom stereocenters. The van der Waals surface area contributed by atoms with E-state index in [0.717, 1.165) is 17.4 Å². The molecule has 1 nitrogen and oxygen atoms in total. The van der Waals surface area contributed by atoms with E-state index in [4.69, 9.17) is 11.6 Å². The minimum atomic E-state index is 0.131. The molecule has 98 valence electrons. The van der Waals surface area contributed by atoms with Crippen molar-refractivity contribution in [3.63, 3.8) is 0 Å². The van der Waals surface area contributed by atoms with Gasteiger partial charge in [0.25, 0.3) is 0 Å². The van der Waals surface area contributed by atoms with Crippen LogP contribution in [0.2, 0.25) is 5.02 Å². The highest BCUT2D eigenvalue weighted by Crippen LogP contribution is 2.28. The first-order chi connectivity index (χ1) is 8.91. The van der Waals surface area contributed by atoms with Gasteiger partial charge in [-0.05, 0) is 34.2 Å². The lowest BCUT2D eigenvalue weighted by molar-refractivity contribution is 0.112. The summed E-state index contributed by atoms with van der Waals surface area (Å²) in [4.78, 5) is 11.1. The number of hydrogen-bond donors (Lipinski definition) is 0.